The summed E-state index contributed by atoms with van der Waals surface area (Å²) in [4.78, 5) is 0. The Bertz CT molecular complexity index is 4840. The summed E-state index contributed by atoms with van der Waals surface area (Å²) >= 11 is 0. The Morgan fingerprint density at radius 1 is 0.198 bits per heavy atom. The van der Waals surface area contributed by atoms with E-state index in [-0.39, 0.29) is 0 Å². The van der Waals surface area contributed by atoms with Crippen LogP contribution in [0.1, 0.15) is 22.3 Å². The van der Waals surface area contributed by atoms with Gasteiger partial charge in [0.25, 0.3) is 0 Å². The summed E-state index contributed by atoms with van der Waals surface area (Å²) in [7, 11) is 0. The molecule has 0 saturated carbocycles. The van der Waals surface area contributed by atoms with E-state index in [9.17, 15) is 0 Å². The molecule has 1 aliphatic rings. The maximum atomic E-state index is 2.43. The van der Waals surface area contributed by atoms with Crippen molar-refractivity contribution < 1.29 is 0 Å². The Kier molecular flexibility index (Phi) is 10.8. The lowest BCUT2D eigenvalue weighted by atomic mass is 9.67. The molecule has 0 spiro atoms. The van der Waals surface area contributed by atoms with Gasteiger partial charge < -0.3 is 9.13 Å². The fraction of sp³-hybridized carbons (Fsp3) is 0.0127. The molecule has 0 amide bonds. The second-order valence-corrected chi connectivity index (χ2v) is 21.6. The summed E-state index contributed by atoms with van der Waals surface area (Å²) in [5.74, 6) is 0. The summed E-state index contributed by atoms with van der Waals surface area (Å²) in [6, 6.07) is 116. The number of para-hydroxylation sites is 2. The first kappa shape index (κ1) is 46.5. The predicted molar refractivity (Wildman–Crippen MR) is 340 cm³/mol. The first-order valence-electron chi connectivity index (χ1n) is 28.1. The van der Waals surface area contributed by atoms with Crippen LogP contribution in [0.25, 0.3) is 122 Å². The lowest BCUT2D eigenvalue weighted by molar-refractivity contribution is 0.769. The van der Waals surface area contributed by atoms with Crippen LogP contribution in [0.15, 0.2) is 315 Å². The molecule has 1 aliphatic carbocycles. The number of rotatable bonds is 9. The molecule has 2 heteroatoms. The van der Waals surface area contributed by atoms with Gasteiger partial charge in [-0.05, 0) is 156 Å². The SMILES string of the molecule is c1ccc(-c2ccc(-n3c4ccccc4c4cc(-c5ccc6c(c5)c5ccccc5n6-c5cccc(-c6ccc(-c7ccc(-c8cccc(C9(c%10ccccc%10)c%10ccccc%10-c%10ccccc%109)c8)cc7)cc6)c5)ccc43)cc2)cc1. The summed E-state index contributed by atoms with van der Waals surface area (Å²) in [6.07, 6.45) is 0. The standard InChI is InChI=1S/C79H52N2/c1-3-17-53(18-4-1)56-41-45-65(46-42-56)80-75-31-13-9-27-69(75)71-51-61(43-47-77(71)80)62-44-48-78-72(52-62)70-28-10-14-32-76(70)81(78)66-24-16-20-60(50-66)58-39-35-55(36-40-58)54-33-37-57(38-34-54)59-19-15-23-64(49-59)79(63-21-5-2-6-22-63)73-29-11-7-25-67(73)68-26-8-12-30-74(68)79/h1-52H. The molecular formula is C79H52N2. The van der Waals surface area contributed by atoms with E-state index in [0.29, 0.717) is 0 Å². The van der Waals surface area contributed by atoms with Crippen molar-refractivity contribution in [2.75, 3.05) is 0 Å². The third-order valence-corrected chi connectivity index (χ3v) is 17.2. The average Bonchev–Trinajstić information content (AvgIpc) is 3.42. The minimum atomic E-state index is -0.430. The summed E-state index contributed by atoms with van der Waals surface area (Å²) in [5.41, 5.74) is 26.4. The molecule has 378 valence electrons. The van der Waals surface area contributed by atoms with Crippen LogP contribution in [0.4, 0.5) is 0 Å². The highest BCUT2D eigenvalue weighted by Gasteiger charge is 2.46. The van der Waals surface area contributed by atoms with Crippen LogP contribution < -0.4 is 0 Å². The van der Waals surface area contributed by atoms with Gasteiger partial charge >= 0.3 is 0 Å². The fourth-order valence-corrected chi connectivity index (χ4v) is 13.5. The second kappa shape index (κ2) is 18.8. The predicted octanol–water partition coefficient (Wildman–Crippen LogP) is 20.6. The number of hydrogen-bond donors (Lipinski definition) is 0. The molecule has 15 aromatic rings. The van der Waals surface area contributed by atoms with E-state index in [1.54, 1.807) is 0 Å². The summed E-state index contributed by atoms with van der Waals surface area (Å²) in [6.45, 7) is 0. The average molecular weight is 1030 g/mol. The van der Waals surface area contributed by atoms with E-state index in [2.05, 4.69) is 325 Å². The van der Waals surface area contributed by atoms with Crippen molar-refractivity contribution in [1.29, 1.82) is 0 Å². The normalized spacial score (nSPS) is 12.5. The molecule has 0 aliphatic heterocycles. The van der Waals surface area contributed by atoms with Gasteiger partial charge in [-0.2, -0.15) is 0 Å². The van der Waals surface area contributed by atoms with Crippen LogP contribution in [0, 0.1) is 0 Å². The van der Waals surface area contributed by atoms with Gasteiger partial charge in [0.15, 0.2) is 0 Å². The van der Waals surface area contributed by atoms with Crippen molar-refractivity contribution in [3.05, 3.63) is 338 Å². The molecule has 0 fully saturated rings. The monoisotopic (exact) mass is 1030 g/mol. The third kappa shape index (κ3) is 7.49. The molecule has 0 saturated heterocycles. The maximum Gasteiger partial charge on any atom is 0.0713 e. The van der Waals surface area contributed by atoms with Gasteiger partial charge in [0.1, 0.15) is 0 Å². The van der Waals surface area contributed by atoms with Crippen LogP contribution in [-0.4, -0.2) is 9.13 Å². The van der Waals surface area contributed by atoms with Gasteiger partial charge in [0, 0.05) is 32.9 Å². The largest absolute Gasteiger partial charge is 0.309 e. The number of nitrogens with zero attached hydrogens (tertiary/aromatic N) is 2. The molecule has 0 unspecified atom stereocenters. The quantitative estimate of drug-likeness (QED) is 0.136. The van der Waals surface area contributed by atoms with Gasteiger partial charge in [-0.1, -0.05) is 249 Å². The van der Waals surface area contributed by atoms with Crippen molar-refractivity contribution in [3.63, 3.8) is 0 Å². The Balaban J connectivity index is 0.693. The van der Waals surface area contributed by atoms with E-state index >= 15 is 0 Å². The Labute approximate surface area is 471 Å². The molecule has 0 N–H and O–H groups in total. The molecule has 0 atom stereocenters. The smallest absolute Gasteiger partial charge is 0.0713 e. The van der Waals surface area contributed by atoms with Gasteiger partial charge in [-0.25, -0.2) is 0 Å². The van der Waals surface area contributed by atoms with E-state index in [1.165, 1.54) is 133 Å². The molecule has 2 aromatic heterocycles. The highest BCUT2D eigenvalue weighted by atomic mass is 15.0. The summed E-state index contributed by atoms with van der Waals surface area (Å²) < 4.78 is 4.83. The van der Waals surface area contributed by atoms with Crippen LogP contribution >= 0.6 is 0 Å². The van der Waals surface area contributed by atoms with E-state index in [0.717, 1.165) is 11.4 Å². The lowest BCUT2D eigenvalue weighted by Gasteiger charge is -2.34. The van der Waals surface area contributed by atoms with Crippen molar-refractivity contribution in [1.82, 2.24) is 9.13 Å². The maximum absolute atomic E-state index is 2.43. The van der Waals surface area contributed by atoms with Crippen LogP contribution in [0.5, 0.6) is 0 Å². The zero-order valence-corrected chi connectivity index (χ0v) is 44.4. The van der Waals surface area contributed by atoms with Crippen LogP contribution in [0.3, 0.4) is 0 Å². The van der Waals surface area contributed by atoms with E-state index < -0.39 is 5.41 Å². The molecule has 16 rings (SSSR count). The number of hydrogen-bond acceptors (Lipinski definition) is 0. The minimum absolute atomic E-state index is 0.430. The van der Waals surface area contributed by atoms with Gasteiger partial charge in [-0.3, -0.25) is 0 Å². The topological polar surface area (TPSA) is 9.86 Å². The first-order valence-corrected chi connectivity index (χ1v) is 28.1. The fourth-order valence-electron chi connectivity index (χ4n) is 13.5. The molecule has 0 radical (unpaired) electrons. The molecule has 2 heterocycles. The van der Waals surface area contributed by atoms with Gasteiger partial charge in [0.2, 0.25) is 0 Å². The number of aromatic nitrogens is 2. The van der Waals surface area contributed by atoms with E-state index in [1.807, 2.05) is 0 Å². The van der Waals surface area contributed by atoms with Crippen molar-refractivity contribution in [3.8, 4) is 78.1 Å². The second-order valence-electron chi connectivity index (χ2n) is 21.6. The molecule has 0 bridgehead atoms. The zero-order chi connectivity index (χ0) is 53.4. The Hall–Kier alpha value is -10.5. The Morgan fingerprint density at radius 3 is 1.11 bits per heavy atom. The third-order valence-electron chi connectivity index (χ3n) is 17.2. The molecule has 13 aromatic carbocycles. The zero-order valence-electron chi connectivity index (χ0n) is 44.4. The highest BCUT2D eigenvalue weighted by molar-refractivity contribution is 6.13. The molecular weight excluding hydrogens is 977 g/mol. The molecule has 2 nitrogen and oxygen atoms in total. The number of benzene rings is 13. The van der Waals surface area contributed by atoms with Crippen molar-refractivity contribution in [2.24, 2.45) is 0 Å². The van der Waals surface area contributed by atoms with E-state index in [4.69, 9.17) is 0 Å². The van der Waals surface area contributed by atoms with Gasteiger partial charge in [-0.15, -0.1) is 0 Å². The minimum Gasteiger partial charge on any atom is -0.309 e. The number of fused-ring (bicyclic) bond motifs is 9. The van der Waals surface area contributed by atoms with Crippen LogP contribution in [0.2, 0.25) is 0 Å². The Morgan fingerprint density at radius 2 is 0.556 bits per heavy atom. The highest BCUT2D eigenvalue weighted by Crippen LogP contribution is 2.56. The van der Waals surface area contributed by atoms with Crippen molar-refractivity contribution >= 4 is 43.6 Å². The molecule has 81 heavy (non-hydrogen) atoms. The summed E-state index contributed by atoms with van der Waals surface area (Å²) in [5, 5.41) is 4.96. The van der Waals surface area contributed by atoms with Crippen molar-refractivity contribution in [2.45, 2.75) is 5.41 Å². The van der Waals surface area contributed by atoms with Crippen LogP contribution in [-0.2, 0) is 5.41 Å². The lowest BCUT2D eigenvalue weighted by Crippen LogP contribution is -2.28. The first-order chi connectivity index (χ1) is 40.2. The van der Waals surface area contributed by atoms with Gasteiger partial charge in [0.05, 0.1) is 27.5 Å².